The molecule has 0 unspecified atom stereocenters. The van der Waals surface area contributed by atoms with Gasteiger partial charge in [-0.3, -0.25) is 0 Å². The van der Waals surface area contributed by atoms with E-state index in [1.165, 1.54) is 139 Å². The monoisotopic (exact) mass is 446 g/mol. The molecule has 3 rings (SSSR count). The summed E-state index contributed by atoms with van der Waals surface area (Å²) in [5.41, 5.74) is 7.67. The Hall–Kier alpha value is -1.56. The van der Waals surface area contributed by atoms with Gasteiger partial charge in [-0.05, 0) is 47.1 Å². The average Bonchev–Trinajstić information content (AvgIpc) is 3.23. The molecule has 1 aliphatic carbocycles. The summed E-state index contributed by atoms with van der Waals surface area (Å²) in [6.45, 7) is 2.30. The van der Waals surface area contributed by atoms with E-state index in [4.69, 9.17) is 0 Å². The van der Waals surface area contributed by atoms with E-state index >= 15 is 0 Å². The third-order valence-electron chi connectivity index (χ3n) is 7.75. The smallest absolute Gasteiger partial charge is 0.00107 e. The molecule has 0 N–H and O–H groups in total. The Morgan fingerprint density at radius 3 is 1.55 bits per heavy atom. The van der Waals surface area contributed by atoms with Gasteiger partial charge in [0.2, 0.25) is 0 Å². The van der Waals surface area contributed by atoms with Gasteiger partial charge in [0.1, 0.15) is 0 Å². The minimum Gasteiger partial charge on any atom is -0.0654 e. The quantitative estimate of drug-likeness (QED) is 0.161. The molecule has 0 radical (unpaired) electrons. The first-order valence-electron chi connectivity index (χ1n) is 14.6. The lowest BCUT2D eigenvalue weighted by Crippen LogP contribution is -1.93. The summed E-state index contributed by atoms with van der Waals surface area (Å²) < 4.78 is 0. The van der Waals surface area contributed by atoms with E-state index in [0.29, 0.717) is 0 Å². The van der Waals surface area contributed by atoms with Crippen LogP contribution >= 0.6 is 0 Å². The molecule has 2 aromatic rings. The highest BCUT2D eigenvalue weighted by atomic mass is 14.2. The third kappa shape index (κ3) is 9.30. The number of hydrogen-bond acceptors (Lipinski definition) is 0. The molecule has 2 aromatic carbocycles. The van der Waals surface area contributed by atoms with E-state index in [1.54, 1.807) is 11.1 Å². The first-order valence-corrected chi connectivity index (χ1v) is 14.6. The Morgan fingerprint density at radius 2 is 0.970 bits per heavy atom. The first-order chi connectivity index (χ1) is 16.4. The summed E-state index contributed by atoms with van der Waals surface area (Å²) in [6, 6.07) is 15.9. The molecule has 0 atom stereocenters. The van der Waals surface area contributed by atoms with Crippen LogP contribution in [0.15, 0.2) is 42.5 Å². The van der Waals surface area contributed by atoms with Gasteiger partial charge in [0.05, 0.1) is 0 Å². The normalized spacial score (nSPS) is 12.2. The number of benzene rings is 2. The van der Waals surface area contributed by atoms with Gasteiger partial charge in [-0.1, -0.05) is 159 Å². The fourth-order valence-electron chi connectivity index (χ4n) is 5.67. The van der Waals surface area contributed by atoms with E-state index in [2.05, 4.69) is 49.4 Å². The van der Waals surface area contributed by atoms with E-state index in [1.807, 2.05) is 0 Å². The highest BCUT2D eigenvalue weighted by Gasteiger charge is 2.19. The van der Waals surface area contributed by atoms with Crippen molar-refractivity contribution in [2.75, 3.05) is 0 Å². The van der Waals surface area contributed by atoms with Crippen LogP contribution in [0, 0.1) is 0 Å². The highest BCUT2D eigenvalue weighted by molar-refractivity contribution is 5.77. The van der Waals surface area contributed by atoms with E-state index in [-0.39, 0.29) is 0 Å². The molecule has 0 saturated heterocycles. The predicted octanol–water partition coefficient (Wildman–Crippen LogP) is 10.8. The van der Waals surface area contributed by atoms with Crippen LogP contribution in [0.1, 0.15) is 139 Å². The van der Waals surface area contributed by atoms with Crippen molar-refractivity contribution in [2.24, 2.45) is 0 Å². The third-order valence-corrected chi connectivity index (χ3v) is 7.75. The minimum absolute atomic E-state index is 1.14. The van der Waals surface area contributed by atoms with E-state index in [0.717, 1.165) is 6.42 Å². The number of aryl methyl sites for hydroxylation is 1. The Labute approximate surface area is 205 Å². The zero-order chi connectivity index (χ0) is 23.0. The molecular formula is C33H50. The van der Waals surface area contributed by atoms with Gasteiger partial charge < -0.3 is 0 Å². The summed E-state index contributed by atoms with van der Waals surface area (Å²) in [5, 5.41) is 0. The van der Waals surface area contributed by atoms with Crippen LogP contribution in [0.4, 0.5) is 0 Å². The minimum atomic E-state index is 1.14. The van der Waals surface area contributed by atoms with Gasteiger partial charge in [0.25, 0.3) is 0 Å². The van der Waals surface area contributed by atoms with Crippen LogP contribution < -0.4 is 0 Å². The van der Waals surface area contributed by atoms with Crippen LogP contribution in [0.5, 0.6) is 0 Å². The molecular weight excluding hydrogens is 396 g/mol. The molecule has 0 nitrogen and oxygen atoms in total. The zero-order valence-electron chi connectivity index (χ0n) is 21.7. The summed E-state index contributed by atoms with van der Waals surface area (Å²) in [4.78, 5) is 0. The van der Waals surface area contributed by atoms with Crippen molar-refractivity contribution < 1.29 is 0 Å². The number of hydrogen-bond donors (Lipinski definition) is 0. The largest absolute Gasteiger partial charge is 0.0654 e. The number of fused-ring (bicyclic) bond motifs is 3. The molecule has 0 spiro atoms. The fraction of sp³-hybridized carbons (Fsp3) is 0.636. The average molecular weight is 447 g/mol. The molecule has 33 heavy (non-hydrogen) atoms. The van der Waals surface area contributed by atoms with Crippen molar-refractivity contribution in [3.63, 3.8) is 0 Å². The van der Waals surface area contributed by atoms with Gasteiger partial charge in [0, 0.05) is 0 Å². The van der Waals surface area contributed by atoms with E-state index in [9.17, 15) is 0 Å². The summed E-state index contributed by atoms with van der Waals surface area (Å²) in [5.74, 6) is 0. The topological polar surface area (TPSA) is 0 Å². The van der Waals surface area contributed by atoms with Crippen molar-refractivity contribution in [1.82, 2.24) is 0 Å². The molecule has 0 aromatic heterocycles. The lowest BCUT2D eigenvalue weighted by Gasteiger charge is -2.09. The summed E-state index contributed by atoms with van der Waals surface area (Å²) in [7, 11) is 0. The van der Waals surface area contributed by atoms with Crippen molar-refractivity contribution in [3.8, 4) is 11.1 Å². The van der Waals surface area contributed by atoms with Crippen molar-refractivity contribution in [3.05, 3.63) is 59.2 Å². The Bertz CT molecular complexity index is 771. The van der Waals surface area contributed by atoms with Gasteiger partial charge >= 0.3 is 0 Å². The summed E-state index contributed by atoms with van der Waals surface area (Å²) in [6.07, 6.45) is 28.4. The Balaban J connectivity index is 1.12. The number of unbranched alkanes of at least 4 members (excludes halogenated alkanes) is 17. The molecule has 0 aliphatic heterocycles. The van der Waals surface area contributed by atoms with Gasteiger partial charge in [-0.25, -0.2) is 0 Å². The maximum atomic E-state index is 2.37. The second-order valence-corrected chi connectivity index (χ2v) is 10.5. The lowest BCUT2D eigenvalue weighted by molar-refractivity contribution is 0.525. The fourth-order valence-corrected chi connectivity index (χ4v) is 5.67. The summed E-state index contributed by atoms with van der Waals surface area (Å²) >= 11 is 0. The van der Waals surface area contributed by atoms with Crippen molar-refractivity contribution >= 4 is 0 Å². The van der Waals surface area contributed by atoms with Crippen LogP contribution in [-0.4, -0.2) is 0 Å². The second-order valence-electron chi connectivity index (χ2n) is 10.5. The Morgan fingerprint density at radius 1 is 0.485 bits per heavy atom. The SMILES string of the molecule is CCCCCCCCCCCCCCCCCCCCc1cccc2c1Cc1ccccc1-2. The molecule has 0 saturated carbocycles. The molecule has 0 amide bonds. The van der Waals surface area contributed by atoms with Gasteiger partial charge in [-0.2, -0.15) is 0 Å². The van der Waals surface area contributed by atoms with Gasteiger partial charge in [-0.15, -0.1) is 0 Å². The van der Waals surface area contributed by atoms with Crippen LogP contribution in [0.25, 0.3) is 11.1 Å². The maximum Gasteiger partial charge on any atom is -0.00107 e. The highest BCUT2D eigenvalue weighted by Crippen LogP contribution is 2.38. The second kappa shape index (κ2) is 16.1. The molecule has 1 aliphatic rings. The number of rotatable bonds is 19. The van der Waals surface area contributed by atoms with Gasteiger partial charge in [0.15, 0.2) is 0 Å². The lowest BCUT2D eigenvalue weighted by atomic mass is 9.96. The van der Waals surface area contributed by atoms with Crippen LogP contribution in [0.2, 0.25) is 0 Å². The molecule has 182 valence electrons. The maximum absolute atomic E-state index is 2.37. The molecule has 0 heteroatoms. The van der Waals surface area contributed by atoms with Crippen LogP contribution in [-0.2, 0) is 12.8 Å². The predicted molar refractivity (Wildman–Crippen MR) is 147 cm³/mol. The molecule has 0 fully saturated rings. The standard InChI is InChI=1S/C33H50/c1-2-3-4-5-6-7-8-9-10-11-12-13-14-15-16-17-18-19-23-29-25-22-27-32-31-26-21-20-24-30(31)28-33(29)32/h20-22,24-27H,2-19,23,28H2,1H3. The van der Waals surface area contributed by atoms with Crippen molar-refractivity contribution in [2.45, 2.75) is 135 Å². The van der Waals surface area contributed by atoms with Crippen molar-refractivity contribution in [1.29, 1.82) is 0 Å². The molecule has 0 heterocycles. The Kier molecular flexibility index (Phi) is 12.7. The zero-order valence-corrected chi connectivity index (χ0v) is 21.7. The van der Waals surface area contributed by atoms with E-state index < -0.39 is 0 Å². The first kappa shape index (κ1) is 26.1. The molecule has 0 bridgehead atoms. The van der Waals surface area contributed by atoms with Crippen LogP contribution in [0.3, 0.4) is 0 Å².